The van der Waals surface area contributed by atoms with Crippen LogP contribution in [-0.2, 0) is 0 Å². The predicted molar refractivity (Wildman–Crippen MR) is 65.8 cm³/mol. The van der Waals surface area contributed by atoms with Gasteiger partial charge in [-0.1, -0.05) is 11.3 Å². The number of nitrogens with zero attached hydrogens (tertiary/aromatic N) is 2. The van der Waals surface area contributed by atoms with Gasteiger partial charge in [-0.25, -0.2) is 4.98 Å². The van der Waals surface area contributed by atoms with Gasteiger partial charge in [0.1, 0.15) is 0 Å². The van der Waals surface area contributed by atoms with Crippen LogP contribution in [0.2, 0.25) is 0 Å². The Morgan fingerprint density at radius 3 is 2.76 bits per heavy atom. The summed E-state index contributed by atoms with van der Waals surface area (Å²) in [6.07, 6.45) is 1.65. The van der Waals surface area contributed by atoms with Gasteiger partial charge in [0.2, 0.25) is 0 Å². The number of thiophene rings is 1. The van der Waals surface area contributed by atoms with Gasteiger partial charge >= 0.3 is 5.00 Å². The smallest absolute Gasteiger partial charge is 0.297 e. The third-order valence-corrected chi connectivity index (χ3v) is 3.70. The number of hydrogen-bond acceptors (Lipinski definition) is 6. The number of rotatable bonds is 3. The normalized spacial score (nSPS) is 10.2. The van der Waals surface area contributed by atoms with Gasteiger partial charge in [0, 0.05) is 17.1 Å². The fraction of sp³-hybridized carbons (Fsp3) is 0.111. The molecule has 1 N–H and O–H groups in total. The van der Waals surface area contributed by atoms with Crippen molar-refractivity contribution in [1.29, 1.82) is 0 Å². The van der Waals surface area contributed by atoms with Crippen LogP contribution in [0.15, 0.2) is 18.3 Å². The summed E-state index contributed by atoms with van der Waals surface area (Å²) in [5, 5.41) is 13.5. The molecule has 0 aromatic carbocycles. The zero-order valence-electron chi connectivity index (χ0n) is 8.67. The Bertz CT molecular complexity index is 576. The minimum absolute atomic E-state index is 0.0505. The highest BCUT2D eigenvalue weighted by Gasteiger charge is 2.16. The second-order valence-electron chi connectivity index (χ2n) is 3.13. The number of aryl methyl sites for hydroxylation is 1. The van der Waals surface area contributed by atoms with Crippen molar-refractivity contribution < 1.29 is 9.72 Å². The van der Waals surface area contributed by atoms with Crippen molar-refractivity contribution in [1.82, 2.24) is 4.98 Å². The minimum Gasteiger partial charge on any atom is -0.297 e. The second kappa shape index (κ2) is 4.60. The van der Waals surface area contributed by atoms with Crippen LogP contribution >= 0.6 is 22.7 Å². The highest BCUT2D eigenvalue weighted by atomic mass is 32.1. The maximum absolute atomic E-state index is 11.7. The van der Waals surface area contributed by atoms with Gasteiger partial charge in [-0.15, -0.1) is 11.3 Å². The molecule has 0 unspecified atom stereocenters. The van der Waals surface area contributed by atoms with Crippen LogP contribution in [0.5, 0.6) is 0 Å². The van der Waals surface area contributed by atoms with E-state index in [4.69, 9.17) is 0 Å². The molecule has 8 heteroatoms. The minimum atomic E-state index is -0.519. The molecule has 0 fully saturated rings. The van der Waals surface area contributed by atoms with Gasteiger partial charge in [0.25, 0.3) is 5.91 Å². The average molecular weight is 269 g/mol. The van der Waals surface area contributed by atoms with E-state index in [2.05, 4.69) is 10.3 Å². The SMILES string of the molecule is Cc1cnc(NC(=O)c2ccc([N+](=O)[O-])s2)s1. The Morgan fingerprint density at radius 2 is 2.24 bits per heavy atom. The number of carbonyl (C=O) groups excluding carboxylic acids is 1. The zero-order valence-corrected chi connectivity index (χ0v) is 10.3. The standard InChI is InChI=1S/C9H7N3O3S2/c1-5-4-10-9(16-5)11-8(13)6-2-3-7(17-6)12(14)15/h2-4H,1H3,(H,10,11,13). The Labute approximate surface area is 104 Å². The third-order valence-electron chi connectivity index (χ3n) is 1.84. The van der Waals surface area contributed by atoms with Crippen LogP contribution < -0.4 is 5.32 Å². The first-order valence-corrected chi connectivity index (χ1v) is 6.17. The van der Waals surface area contributed by atoms with Crippen molar-refractivity contribution in [3.63, 3.8) is 0 Å². The number of nitro groups is 1. The molecule has 0 atom stereocenters. The molecule has 2 aromatic heterocycles. The summed E-state index contributed by atoms with van der Waals surface area (Å²) in [5.41, 5.74) is 0. The first-order valence-electron chi connectivity index (χ1n) is 4.54. The highest BCUT2D eigenvalue weighted by Crippen LogP contribution is 2.25. The number of carbonyl (C=O) groups is 1. The molecule has 0 spiro atoms. The van der Waals surface area contributed by atoms with Crippen LogP contribution in [0.1, 0.15) is 14.5 Å². The lowest BCUT2D eigenvalue weighted by molar-refractivity contribution is -0.380. The van der Waals surface area contributed by atoms with Crippen molar-refractivity contribution in [3.8, 4) is 0 Å². The second-order valence-corrected chi connectivity index (χ2v) is 5.42. The molecular weight excluding hydrogens is 262 g/mol. The zero-order chi connectivity index (χ0) is 12.4. The summed E-state index contributed by atoms with van der Waals surface area (Å²) in [4.78, 5) is 26.9. The van der Waals surface area contributed by atoms with Gasteiger partial charge < -0.3 is 0 Å². The van der Waals surface area contributed by atoms with Crippen molar-refractivity contribution in [2.75, 3.05) is 5.32 Å². The number of amides is 1. The highest BCUT2D eigenvalue weighted by molar-refractivity contribution is 7.17. The van der Waals surface area contributed by atoms with Crippen molar-refractivity contribution in [3.05, 3.63) is 38.2 Å². The number of hydrogen-bond donors (Lipinski definition) is 1. The molecule has 0 saturated heterocycles. The van der Waals surface area contributed by atoms with Gasteiger partial charge in [-0.2, -0.15) is 0 Å². The number of aromatic nitrogens is 1. The van der Waals surface area contributed by atoms with Gasteiger partial charge in [-0.05, 0) is 13.0 Å². The molecule has 0 radical (unpaired) electrons. The van der Waals surface area contributed by atoms with E-state index in [-0.39, 0.29) is 10.9 Å². The lowest BCUT2D eigenvalue weighted by Gasteiger charge is -1.96. The largest absolute Gasteiger partial charge is 0.324 e. The van der Waals surface area contributed by atoms with E-state index >= 15 is 0 Å². The molecule has 0 bridgehead atoms. The van der Waals surface area contributed by atoms with Crippen LogP contribution in [0.3, 0.4) is 0 Å². The van der Waals surface area contributed by atoms with E-state index in [9.17, 15) is 14.9 Å². The lowest BCUT2D eigenvalue weighted by Crippen LogP contribution is -2.09. The van der Waals surface area contributed by atoms with E-state index in [1.807, 2.05) is 6.92 Å². The third kappa shape index (κ3) is 2.66. The molecule has 0 aliphatic carbocycles. The molecule has 17 heavy (non-hydrogen) atoms. The molecular formula is C9H7N3O3S2. The van der Waals surface area contributed by atoms with E-state index in [1.54, 1.807) is 6.20 Å². The first-order chi connectivity index (χ1) is 8.06. The topological polar surface area (TPSA) is 85.1 Å². The summed E-state index contributed by atoms with van der Waals surface area (Å²) in [7, 11) is 0. The lowest BCUT2D eigenvalue weighted by atomic mass is 10.4. The summed E-state index contributed by atoms with van der Waals surface area (Å²) < 4.78 is 0. The molecule has 0 aliphatic rings. The van der Waals surface area contributed by atoms with Gasteiger partial charge in [0.05, 0.1) is 9.80 Å². The Hall–Kier alpha value is -1.80. The number of thiazole rings is 1. The van der Waals surface area contributed by atoms with E-state index in [0.29, 0.717) is 10.0 Å². The predicted octanol–water partition coefficient (Wildman–Crippen LogP) is 2.67. The Balaban J connectivity index is 2.11. The maximum atomic E-state index is 11.7. The summed E-state index contributed by atoms with van der Waals surface area (Å²) in [6, 6.07) is 2.74. The molecule has 1 amide bonds. The van der Waals surface area contributed by atoms with Gasteiger partial charge in [0.15, 0.2) is 5.13 Å². The monoisotopic (exact) mass is 269 g/mol. The summed E-state index contributed by atoms with van der Waals surface area (Å²) >= 11 is 2.19. The first kappa shape index (κ1) is 11.7. The van der Waals surface area contributed by atoms with Gasteiger partial charge in [-0.3, -0.25) is 20.2 Å². The Kier molecular flexibility index (Phi) is 3.16. The van der Waals surface area contributed by atoms with Crippen molar-refractivity contribution in [2.24, 2.45) is 0 Å². The molecule has 2 rings (SSSR count). The summed E-state index contributed by atoms with van der Waals surface area (Å²) in [6.45, 7) is 1.88. The van der Waals surface area contributed by atoms with Crippen molar-refractivity contribution in [2.45, 2.75) is 6.92 Å². The van der Waals surface area contributed by atoms with E-state index in [1.165, 1.54) is 23.5 Å². The molecule has 6 nitrogen and oxygen atoms in total. The quantitative estimate of drug-likeness (QED) is 0.685. The maximum Gasteiger partial charge on any atom is 0.324 e. The van der Waals surface area contributed by atoms with Crippen molar-refractivity contribution >= 4 is 38.7 Å². The molecule has 0 aliphatic heterocycles. The Morgan fingerprint density at radius 1 is 1.47 bits per heavy atom. The number of nitrogens with one attached hydrogen (secondary N) is 1. The average Bonchev–Trinajstić information content (AvgIpc) is 2.86. The summed E-state index contributed by atoms with van der Waals surface area (Å²) in [5.74, 6) is -0.377. The van der Waals surface area contributed by atoms with Crippen LogP contribution in [0.4, 0.5) is 10.1 Å². The van der Waals surface area contributed by atoms with E-state index in [0.717, 1.165) is 16.2 Å². The molecule has 2 heterocycles. The molecule has 0 saturated carbocycles. The fourth-order valence-corrected chi connectivity index (χ4v) is 2.49. The fourth-order valence-electron chi connectivity index (χ4n) is 1.12. The van der Waals surface area contributed by atoms with Crippen LogP contribution in [0, 0.1) is 17.0 Å². The van der Waals surface area contributed by atoms with E-state index < -0.39 is 4.92 Å². The van der Waals surface area contributed by atoms with Crippen LogP contribution in [-0.4, -0.2) is 15.8 Å². The molecule has 88 valence electrons. The molecule has 2 aromatic rings. The number of anilines is 1. The van der Waals surface area contributed by atoms with Crippen LogP contribution in [0.25, 0.3) is 0 Å².